The van der Waals surface area contributed by atoms with E-state index >= 15 is 0 Å². The molecule has 0 aliphatic carbocycles. The van der Waals surface area contributed by atoms with E-state index < -0.39 is 28.1 Å². The van der Waals surface area contributed by atoms with Crippen LogP contribution < -0.4 is 0 Å². The normalized spacial score (nSPS) is 11.5. The van der Waals surface area contributed by atoms with Crippen molar-refractivity contribution < 1.29 is 23.2 Å². The van der Waals surface area contributed by atoms with Crippen LogP contribution in [0.25, 0.3) is 0 Å². The second kappa shape index (κ2) is 3.41. The number of aromatic hydroxyl groups is 1. The topological polar surface area (TPSA) is 63.4 Å². The lowest BCUT2D eigenvalue weighted by Crippen LogP contribution is -2.09. The van der Waals surface area contributed by atoms with Crippen LogP contribution in [0.15, 0.2) is 12.1 Å². The Morgan fingerprint density at radius 1 is 1.40 bits per heavy atom. The zero-order valence-corrected chi connectivity index (χ0v) is 7.50. The summed E-state index contributed by atoms with van der Waals surface area (Å²) in [6.07, 6.45) is -4.86. The number of alkyl halides is 3. The number of nitro groups is 1. The number of nitrogens with zero attached hydrogens (tertiary/aromatic N) is 1. The summed E-state index contributed by atoms with van der Waals surface area (Å²) < 4.78 is 37.1. The zero-order valence-electron chi connectivity index (χ0n) is 7.50. The van der Waals surface area contributed by atoms with Gasteiger partial charge < -0.3 is 5.11 Å². The molecule has 0 aromatic heterocycles. The molecular weight excluding hydrogens is 215 g/mol. The Bertz CT molecular complexity index is 414. The summed E-state index contributed by atoms with van der Waals surface area (Å²) in [7, 11) is 0. The smallest absolute Gasteiger partial charge is 0.423 e. The quantitative estimate of drug-likeness (QED) is 0.585. The molecule has 0 aliphatic heterocycles. The lowest BCUT2D eigenvalue weighted by molar-refractivity contribution is -0.389. The number of benzene rings is 1. The minimum absolute atomic E-state index is 0.102. The maximum absolute atomic E-state index is 12.4. The monoisotopic (exact) mass is 221 g/mol. The Kier molecular flexibility index (Phi) is 2.57. The predicted molar refractivity (Wildman–Crippen MR) is 44.5 cm³/mol. The number of nitro benzene ring substituents is 1. The highest BCUT2D eigenvalue weighted by Gasteiger charge is 2.40. The van der Waals surface area contributed by atoms with Gasteiger partial charge in [-0.05, 0) is 24.6 Å². The Balaban J connectivity index is 3.54. The first-order valence-electron chi connectivity index (χ1n) is 3.78. The van der Waals surface area contributed by atoms with Gasteiger partial charge in [-0.25, -0.2) is 0 Å². The van der Waals surface area contributed by atoms with Gasteiger partial charge in [-0.1, -0.05) is 0 Å². The number of phenolic OH excluding ortho intramolecular Hbond substituents is 1. The summed E-state index contributed by atoms with van der Waals surface area (Å²) in [4.78, 5) is 9.09. The molecule has 0 radical (unpaired) electrons. The SMILES string of the molecule is Cc1cc(O)c([N+](=O)[O-])c(C(F)(F)F)c1. The Hall–Kier alpha value is -1.79. The summed E-state index contributed by atoms with van der Waals surface area (Å²) in [5, 5.41) is 19.4. The minimum Gasteiger partial charge on any atom is -0.502 e. The van der Waals surface area contributed by atoms with Gasteiger partial charge in [0.1, 0.15) is 5.56 Å². The standard InChI is InChI=1S/C8H6F3NO3/c1-4-2-5(8(9,10)11)7(12(14)15)6(13)3-4/h2-3,13H,1H3. The lowest BCUT2D eigenvalue weighted by atomic mass is 10.1. The average molecular weight is 221 g/mol. The van der Waals surface area contributed by atoms with Gasteiger partial charge >= 0.3 is 11.9 Å². The van der Waals surface area contributed by atoms with Gasteiger partial charge in [0.2, 0.25) is 0 Å². The van der Waals surface area contributed by atoms with Crippen molar-refractivity contribution in [2.75, 3.05) is 0 Å². The van der Waals surface area contributed by atoms with Gasteiger partial charge in [0, 0.05) is 0 Å². The van der Waals surface area contributed by atoms with Crippen LogP contribution >= 0.6 is 0 Å². The van der Waals surface area contributed by atoms with E-state index in [-0.39, 0.29) is 5.56 Å². The Labute approximate surface area is 82.1 Å². The van der Waals surface area contributed by atoms with Crippen molar-refractivity contribution in [3.8, 4) is 5.75 Å². The van der Waals surface area contributed by atoms with Gasteiger partial charge in [0.15, 0.2) is 5.75 Å². The van der Waals surface area contributed by atoms with Crippen molar-refractivity contribution in [2.24, 2.45) is 0 Å². The highest BCUT2D eigenvalue weighted by atomic mass is 19.4. The number of hydrogen-bond acceptors (Lipinski definition) is 3. The number of rotatable bonds is 1. The van der Waals surface area contributed by atoms with Crippen LogP contribution in [0, 0.1) is 17.0 Å². The molecule has 7 heteroatoms. The summed E-state index contributed by atoms with van der Waals surface area (Å²) >= 11 is 0. The minimum atomic E-state index is -4.86. The van der Waals surface area contributed by atoms with E-state index in [2.05, 4.69) is 0 Å². The third kappa shape index (κ3) is 2.17. The molecule has 0 atom stereocenters. The average Bonchev–Trinajstić information content (AvgIpc) is 1.99. The van der Waals surface area contributed by atoms with Crippen molar-refractivity contribution in [3.05, 3.63) is 33.4 Å². The molecule has 1 rings (SSSR count). The van der Waals surface area contributed by atoms with Crippen molar-refractivity contribution in [1.29, 1.82) is 0 Å². The lowest BCUT2D eigenvalue weighted by Gasteiger charge is -2.09. The summed E-state index contributed by atoms with van der Waals surface area (Å²) in [5.41, 5.74) is -2.65. The number of phenols is 1. The van der Waals surface area contributed by atoms with Crippen molar-refractivity contribution in [3.63, 3.8) is 0 Å². The van der Waals surface area contributed by atoms with Gasteiger partial charge in [-0.3, -0.25) is 10.1 Å². The summed E-state index contributed by atoms with van der Waals surface area (Å²) in [6.45, 7) is 1.30. The first-order valence-corrected chi connectivity index (χ1v) is 3.78. The largest absolute Gasteiger partial charge is 0.502 e. The molecule has 15 heavy (non-hydrogen) atoms. The molecule has 0 saturated heterocycles. The maximum Gasteiger partial charge on any atom is 0.423 e. The highest BCUT2D eigenvalue weighted by molar-refractivity contribution is 5.55. The van der Waals surface area contributed by atoms with Crippen molar-refractivity contribution >= 4 is 5.69 Å². The van der Waals surface area contributed by atoms with Gasteiger partial charge in [0.05, 0.1) is 4.92 Å². The van der Waals surface area contributed by atoms with Gasteiger partial charge in [-0.15, -0.1) is 0 Å². The predicted octanol–water partition coefficient (Wildman–Crippen LogP) is 2.63. The molecule has 82 valence electrons. The first-order chi connectivity index (χ1) is 6.73. The maximum atomic E-state index is 12.4. The molecule has 1 aromatic carbocycles. The van der Waals surface area contributed by atoms with E-state index in [9.17, 15) is 23.3 Å². The van der Waals surface area contributed by atoms with Crippen LogP contribution in [0.1, 0.15) is 11.1 Å². The van der Waals surface area contributed by atoms with Crippen molar-refractivity contribution in [2.45, 2.75) is 13.1 Å². The van der Waals surface area contributed by atoms with E-state index in [4.69, 9.17) is 5.11 Å². The molecular formula is C8H6F3NO3. The van der Waals surface area contributed by atoms with Crippen LogP contribution in [0.2, 0.25) is 0 Å². The molecule has 0 heterocycles. The highest BCUT2D eigenvalue weighted by Crippen LogP contribution is 2.41. The van der Waals surface area contributed by atoms with E-state index in [0.29, 0.717) is 6.07 Å². The van der Waals surface area contributed by atoms with Crippen LogP contribution in [-0.4, -0.2) is 10.0 Å². The number of halogens is 3. The van der Waals surface area contributed by atoms with Crippen LogP contribution in [0.5, 0.6) is 5.75 Å². The van der Waals surface area contributed by atoms with Crippen molar-refractivity contribution in [1.82, 2.24) is 0 Å². The van der Waals surface area contributed by atoms with Crippen LogP contribution in [0.3, 0.4) is 0 Å². The fourth-order valence-electron chi connectivity index (χ4n) is 1.17. The molecule has 1 aromatic rings. The van der Waals surface area contributed by atoms with E-state index in [1.165, 1.54) is 6.92 Å². The third-order valence-electron chi connectivity index (χ3n) is 1.72. The second-order valence-corrected chi connectivity index (χ2v) is 2.94. The number of aryl methyl sites for hydroxylation is 1. The molecule has 0 amide bonds. The Morgan fingerprint density at radius 3 is 2.33 bits per heavy atom. The zero-order chi connectivity index (χ0) is 11.8. The molecule has 1 N–H and O–H groups in total. The number of hydrogen-bond donors (Lipinski definition) is 1. The van der Waals surface area contributed by atoms with Crippen LogP contribution in [-0.2, 0) is 6.18 Å². The van der Waals surface area contributed by atoms with Gasteiger partial charge in [0.25, 0.3) is 0 Å². The summed E-state index contributed by atoms with van der Waals surface area (Å²) in [6, 6.07) is 1.53. The fraction of sp³-hybridized carbons (Fsp3) is 0.250. The molecule has 4 nitrogen and oxygen atoms in total. The molecule has 0 bridgehead atoms. The third-order valence-corrected chi connectivity index (χ3v) is 1.72. The van der Waals surface area contributed by atoms with E-state index in [1.807, 2.05) is 0 Å². The molecule has 0 spiro atoms. The fourth-order valence-corrected chi connectivity index (χ4v) is 1.17. The molecule has 0 fully saturated rings. The molecule has 0 unspecified atom stereocenters. The van der Waals surface area contributed by atoms with E-state index in [1.54, 1.807) is 0 Å². The first kappa shape index (κ1) is 11.3. The van der Waals surface area contributed by atoms with Crippen LogP contribution in [0.4, 0.5) is 18.9 Å². The van der Waals surface area contributed by atoms with Gasteiger partial charge in [-0.2, -0.15) is 13.2 Å². The molecule has 0 saturated carbocycles. The summed E-state index contributed by atoms with van der Waals surface area (Å²) in [5.74, 6) is -0.979. The van der Waals surface area contributed by atoms with E-state index in [0.717, 1.165) is 6.07 Å². The Morgan fingerprint density at radius 2 is 1.93 bits per heavy atom. The second-order valence-electron chi connectivity index (χ2n) is 2.94. The molecule has 0 aliphatic rings.